The summed E-state index contributed by atoms with van der Waals surface area (Å²) in [6.07, 6.45) is 3.09. The molecule has 1 aliphatic heterocycles. The summed E-state index contributed by atoms with van der Waals surface area (Å²) in [5, 5.41) is 0. The van der Waals surface area contributed by atoms with Crippen molar-refractivity contribution in [1.82, 2.24) is 19.5 Å². The van der Waals surface area contributed by atoms with Crippen LogP contribution < -0.4 is 10.5 Å². The van der Waals surface area contributed by atoms with Crippen LogP contribution in [0.25, 0.3) is 11.4 Å². The highest BCUT2D eigenvalue weighted by atomic mass is 16.5. The Balaban J connectivity index is 2.09. The van der Waals surface area contributed by atoms with Gasteiger partial charge in [0.15, 0.2) is 0 Å². The molecule has 122 valence electrons. The van der Waals surface area contributed by atoms with Crippen LogP contribution in [0.4, 0.5) is 5.95 Å². The van der Waals surface area contributed by atoms with Crippen molar-refractivity contribution in [3.63, 3.8) is 0 Å². The van der Waals surface area contributed by atoms with E-state index >= 15 is 0 Å². The zero-order chi connectivity index (χ0) is 16.6. The average Bonchev–Trinajstić information content (AvgIpc) is 2.54. The average molecular weight is 315 g/mol. The van der Waals surface area contributed by atoms with Crippen LogP contribution in [0, 0.1) is 0 Å². The molecule has 0 radical (unpaired) electrons. The van der Waals surface area contributed by atoms with E-state index in [1.807, 2.05) is 0 Å². The monoisotopic (exact) mass is 315 g/mol. The van der Waals surface area contributed by atoms with Crippen molar-refractivity contribution in [2.45, 2.75) is 32.4 Å². The molecular formula is C16H21N5O2. The van der Waals surface area contributed by atoms with Crippen LogP contribution in [0.3, 0.4) is 0 Å². The normalized spacial score (nSPS) is 20.5. The van der Waals surface area contributed by atoms with Gasteiger partial charge in [0.2, 0.25) is 5.95 Å². The minimum absolute atomic E-state index is 0.0926. The molecule has 3 rings (SSSR count). The molecule has 1 fully saturated rings. The van der Waals surface area contributed by atoms with E-state index in [2.05, 4.69) is 40.6 Å². The Kier molecular flexibility index (Phi) is 3.89. The van der Waals surface area contributed by atoms with Crippen molar-refractivity contribution in [3.05, 3.63) is 35.0 Å². The van der Waals surface area contributed by atoms with E-state index in [-0.39, 0.29) is 17.2 Å². The molecule has 2 aromatic rings. The molecule has 0 spiro atoms. The number of ether oxygens (including phenoxy) is 1. The van der Waals surface area contributed by atoms with Crippen LogP contribution in [0.1, 0.15) is 20.8 Å². The fourth-order valence-electron chi connectivity index (χ4n) is 2.73. The first-order valence-corrected chi connectivity index (χ1v) is 7.65. The summed E-state index contributed by atoms with van der Waals surface area (Å²) in [7, 11) is 1.74. The number of rotatable bonds is 2. The molecule has 0 aromatic carbocycles. The van der Waals surface area contributed by atoms with E-state index in [0.717, 1.165) is 0 Å². The first-order valence-electron chi connectivity index (χ1n) is 7.65. The topological polar surface area (TPSA) is 73.1 Å². The second kappa shape index (κ2) is 5.73. The van der Waals surface area contributed by atoms with Crippen LogP contribution in [0.2, 0.25) is 0 Å². The quantitative estimate of drug-likeness (QED) is 0.830. The van der Waals surface area contributed by atoms with Gasteiger partial charge in [-0.05, 0) is 26.8 Å². The predicted molar refractivity (Wildman–Crippen MR) is 87.3 cm³/mol. The predicted octanol–water partition coefficient (Wildman–Crippen LogP) is 1.24. The Bertz CT molecular complexity index is 757. The van der Waals surface area contributed by atoms with Crippen molar-refractivity contribution < 1.29 is 4.74 Å². The van der Waals surface area contributed by atoms with Gasteiger partial charge in [-0.15, -0.1) is 0 Å². The molecule has 7 nitrogen and oxygen atoms in total. The minimum Gasteiger partial charge on any atom is -0.372 e. The van der Waals surface area contributed by atoms with Gasteiger partial charge >= 0.3 is 0 Å². The minimum atomic E-state index is -0.305. The van der Waals surface area contributed by atoms with E-state index in [9.17, 15) is 4.79 Å². The number of hydrogen-bond acceptors (Lipinski definition) is 6. The summed E-state index contributed by atoms with van der Waals surface area (Å²) in [5.41, 5.74) is 0.780. The standard InChI is InChI=1S/C16H21N5O2/c1-11-16(2,3)23-8-7-21(11)15-19-13(9-14(22)20(15)4)12-5-6-17-10-18-12/h5-6,9-11H,7-8H2,1-4H3. The summed E-state index contributed by atoms with van der Waals surface area (Å²) in [6.45, 7) is 7.48. The van der Waals surface area contributed by atoms with Crippen molar-refractivity contribution in [1.29, 1.82) is 0 Å². The maximum absolute atomic E-state index is 12.4. The third kappa shape index (κ3) is 2.84. The highest BCUT2D eigenvalue weighted by Crippen LogP contribution is 2.28. The lowest BCUT2D eigenvalue weighted by molar-refractivity contribution is -0.0536. The van der Waals surface area contributed by atoms with Gasteiger partial charge in [0, 0.05) is 25.9 Å². The number of anilines is 1. The number of morpholine rings is 1. The van der Waals surface area contributed by atoms with Gasteiger partial charge in [0.25, 0.3) is 5.56 Å². The second-order valence-corrected chi connectivity index (χ2v) is 6.25. The lowest BCUT2D eigenvalue weighted by Crippen LogP contribution is -2.56. The summed E-state index contributed by atoms with van der Waals surface area (Å²) in [6, 6.07) is 3.34. The highest BCUT2D eigenvalue weighted by molar-refractivity contribution is 5.55. The summed E-state index contributed by atoms with van der Waals surface area (Å²) in [5.74, 6) is 0.634. The van der Waals surface area contributed by atoms with E-state index in [1.165, 1.54) is 12.4 Å². The molecule has 0 saturated carbocycles. The van der Waals surface area contributed by atoms with Gasteiger partial charge in [-0.1, -0.05) is 0 Å². The third-order valence-electron chi connectivity index (χ3n) is 4.49. The fraction of sp³-hybridized carbons (Fsp3) is 0.500. The SMILES string of the molecule is CC1N(c2nc(-c3ccncn3)cc(=O)n2C)CCOC1(C)C. The number of aromatic nitrogens is 4. The van der Waals surface area contributed by atoms with Gasteiger partial charge in [-0.25, -0.2) is 15.0 Å². The van der Waals surface area contributed by atoms with Crippen molar-refractivity contribution in [2.24, 2.45) is 7.05 Å². The highest BCUT2D eigenvalue weighted by Gasteiger charge is 2.37. The summed E-state index contributed by atoms with van der Waals surface area (Å²) < 4.78 is 7.41. The zero-order valence-electron chi connectivity index (χ0n) is 13.9. The molecule has 2 aromatic heterocycles. The van der Waals surface area contributed by atoms with Crippen molar-refractivity contribution in [2.75, 3.05) is 18.1 Å². The molecule has 0 N–H and O–H groups in total. The van der Waals surface area contributed by atoms with Gasteiger partial charge in [-0.2, -0.15) is 0 Å². The van der Waals surface area contributed by atoms with Crippen LogP contribution in [-0.4, -0.2) is 44.3 Å². The molecule has 0 amide bonds. The maximum atomic E-state index is 12.4. The van der Waals surface area contributed by atoms with Crippen LogP contribution >= 0.6 is 0 Å². The van der Waals surface area contributed by atoms with Gasteiger partial charge in [0.05, 0.1) is 29.6 Å². The number of hydrogen-bond donors (Lipinski definition) is 0. The van der Waals surface area contributed by atoms with Crippen molar-refractivity contribution in [3.8, 4) is 11.4 Å². The van der Waals surface area contributed by atoms with Gasteiger partial charge in [-0.3, -0.25) is 9.36 Å². The molecule has 0 bridgehead atoms. The lowest BCUT2D eigenvalue weighted by Gasteiger charge is -2.45. The van der Waals surface area contributed by atoms with Crippen LogP contribution in [0.15, 0.2) is 29.5 Å². The molecule has 3 heterocycles. The van der Waals surface area contributed by atoms with Crippen molar-refractivity contribution >= 4 is 5.95 Å². The molecule has 1 saturated heterocycles. The molecule has 0 aliphatic carbocycles. The summed E-state index contributed by atoms with van der Waals surface area (Å²) in [4.78, 5) is 27.3. The molecule has 1 atom stereocenters. The van der Waals surface area contributed by atoms with Gasteiger partial charge in [0.1, 0.15) is 6.33 Å². The van der Waals surface area contributed by atoms with E-state index < -0.39 is 0 Å². The Morgan fingerprint density at radius 3 is 2.83 bits per heavy atom. The molecular weight excluding hydrogens is 294 g/mol. The fourth-order valence-corrected chi connectivity index (χ4v) is 2.73. The van der Waals surface area contributed by atoms with Gasteiger partial charge < -0.3 is 9.64 Å². The second-order valence-electron chi connectivity index (χ2n) is 6.25. The summed E-state index contributed by atoms with van der Waals surface area (Å²) >= 11 is 0. The molecule has 1 aliphatic rings. The molecule has 23 heavy (non-hydrogen) atoms. The molecule has 7 heteroatoms. The third-order valence-corrected chi connectivity index (χ3v) is 4.49. The smallest absolute Gasteiger partial charge is 0.255 e. The Morgan fingerprint density at radius 2 is 2.13 bits per heavy atom. The van der Waals surface area contributed by atoms with Crippen LogP contribution in [0.5, 0.6) is 0 Å². The lowest BCUT2D eigenvalue weighted by atomic mass is 9.97. The van der Waals surface area contributed by atoms with Crippen LogP contribution in [-0.2, 0) is 11.8 Å². The maximum Gasteiger partial charge on any atom is 0.255 e. The number of nitrogens with zero attached hydrogens (tertiary/aromatic N) is 5. The van der Waals surface area contributed by atoms with E-state index in [1.54, 1.807) is 23.9 Å². The largest absolute Gasteiger partial charge is 0.372 e. The first-order chi connectivity index (χ1) is 10.9. The van der Waals surface area contributed by atoms with E-state index in [0.29, 0.717) is 30.5 Å². The Morgan fingerprint density at radius 1 is 1.35 bits per heavy atom. The Hall–Kier alpha value is -2.28. The first kappa shape index (κ1) is 15.6. The van der Waals surface area contributed by atoms with E-state index in [4.69, 9.17) is 4.74 Å². The Labute approximate surface area is 135 Å². The zero-order valence-corrected chi connectivity index (χ0v) is 13.9. The molecule has 1 unspecified atom stereocenters.